The Balaban J connectivity index is 1.89. The van der Waals surface area contributed by atoms with Crippen LogP contribution in [-0.2, 0) is 4.79 Å². The van der Waals surface area contributed by atoms with Crippen molar-refractivity contribution in [3.05, 3.63) is 53.1 Å². The predicted molar refractivity (Wildman–Crippen MR) is 76.7 cm³/mol. The first-order chi connectivity index (χ1) is 9.65. The zero-order valence-electron chi connectivity index (χ0n) is 11.4. The topological polar surface area (TPSA) is 41.1 Å². The van der Waals surface area contributed by atoms with E-state index < -0.39 is 0 Å². The van der Waals surface area contributed by atoms with Crippen LogP contribution in [-0.4, -0.2) is 12.3 Å². The van der Waals surface area contributed by atoms with Crippen molar-refractivity contribution in [2.24, 2.45) is 5.92 Å². The molecule has 1 heterocycles. The highest BCUT2D eigenvalue weighted by molar-refractivity contribution is 6.02. The standard InChI is InChI=1S/C16H17FN2O/c1-10-2-5-14(13(17)8-10)19-15-9-18-7-6-12(15)16(20)11-3-4-11/h2,5-8,11,18-19H,3-4,9H2,1H3. The van der Waals surface area contributed by atoms with Gasteiger partial charge in [-0.3, -0.25) is 4.79 Å². The third-order valence-electron chi connectivity index (χ3n) is 3.60. The van der Waals surface area contributed by atoms with Crippen LogP contribution < -0.4 is 10.6 Å². The Hall–Kier alpha value is -2.10. The van der Waals surface area contributed by atoms with Gasteiger partial charge in [0.05, 0.1) is 12.2 Å². The zero-order valence-corrected chi connectivity index (χ0v) is 11.4. The first-order valence-electron chi connectivity index (χ1n) is 6.85. The van der Waals surface area contributed by atoms with Crippen LogP contribution in [0.15, 0.2) is 41.7 Å². The lowest BCUT2D eigenvalue weighted by atomic mass is 10.0. The van der Waals surface area contributed by atoms with Crippen LogP contribution in [0.25, 0.3) is 0 Å². The highest BCUT2D eigenvalue weighted by atomic mass is 19.1. The minimum absolute atomic E-state index is 0.160. The van der Waals surface area contributed by atoms with Crippen LogP contribution in [0, 0.1) is 18.7 Å². The molecule has 2 aliphatic rings. The predicted octanol–water partition coefficient (Wildman–Crippen LogP) is 2.90. The van der Waals surface area contributed by atoms with Crippen LogP contribution >= 0.6 is 0 Å². The second kappa shape index (κ2) is 5.12. The Morgan fingerprint density at radius 2 is 2.20 bits per heavy atom. The molecule has 0 radical (unpaired) electrons. The maximum atomic E-state index is 13.9. The normalized spacial score (nSPS) is 17.9. The van der Waals surface area contributed by atoms with Crippen molar-refractivity contribution >= 4 is 11.5 Å². The third kappa shape index (κ3) is 2.59. The molecule has 20 heavy (non-hydrogen) atoms. The number of Topliss-reactive ketones (excluding diaryl/α,β-unsaturated/α-hetero) is 1. The Morgan fingerprint density at radius 3 is 2.90 bits per heavy atom. The summed E-state index contributed by atoms with van der Waals surface area (Å²) < 4.78 is 13.9. The van der Waals surface area contributed by atoms with Crippen molar-refractivity contribution in [2.75, 3.05) is 11.9 Å². The zero-order chi connectivity index (χ0) is 14.1. The Kier molecular flexibility index (Phi) is 3.30. The van der Waals surface area contributed by atoms with Crippen LogP contribution in [0.3, 0.4) is 0 Å². The molecule has 0 atom stereocenters. The summed E-state index contributed by atoms with van der Waals surface area (Å²) >= 11 is 0. The molecule has 0 saturated heterocycles. The van der Waals surface area contributed by atoms with Gasteiger partial charge in [-0.25, -0.2) is 4.39 Å². The lowest BCUT2D eigenvalue weighted by Gasteiger charge is -2.19. The number of nitrogens with one attached hydrogen (secondary N) is 2. The fourth-order valence-electron chi connectivity index (χ4n) is 2.29. The molecule has 1 saturated carbocycles. The van der Waals surface area contributed by atoms with Crippen molar-refractivity contribution < 1.29 is 9.18 Å². The van der Waals surface area contributed by atoms with Gasteiger partial charge in [0.15, 0.2) is 5.78 Å². The number of aryl methyl sites for hydroxylation is 1. The van der Waals surface area contributed by atoms with Crippen LogP contribution in [0.2, 0.25) is 0 Å². The maximum absolute atomic E-state index is 13.9. The van der Waals surface area contributed by atoms with E-state index in [1.807, 2.05) is 13.0 Å². The Morgan fingerprint density at radius 1 is 1.40 bits per heavy atom. The average Bonchev–Trinajstić information content (AvgIpc) is 3.26. The van der Waals surface area contributed by atoms with Gasteiger partial charge in [-0.15, -0.1) is 0 Å². The molecular weight excluding hydrogens is 255 g/mol. The number of carbonyl (C=O) groups is 1. The number of anilines is 1. The van der Waals surface area contributed by atoms with Gasteiger partial charge in [-0.05, 0) is 49.7 Å². The molecule has 0 amide bonds. The molecule has 0 bridgehead atoms. The molecule has 0 spiro atoms. The quantitative estimate of drug-likeness (QED) is 0.885. The van der Waals surface area contributed by atoms with E-state index >= 15 is 0 Å². The van der Waals surface area contributed by atoms with E-state index in [4.69, 9.17) is 0 Å². The van der Waals surface area contributed by atoms with Crippen LogP contribution in [0.1, 0.15) is 18.4 Å². The lowest BCUT2D eigenvalue weighted by molar-refractivity contribution is -0.116. The van der Waals surface area contributed by atoms with Gasteiger partial charge in [0.2, 0.25) is 0 Å². The maximum Gasteiger partial charge on any atom is 0.167 e. The fraction of sp³-hybridized carbons (Fsp3) is 0.312. The van der Waals surface area contributed by atoms with Gasteiger partial charge in [0, 0.05) is 17.2 Å². The summed E-state index contributed by atoms with van der Waals surface area (Å²) in [5.74, 6) is 0.0236. The molecule has 104 valence electrons. The molecule has 4 heteroatoms. The molecule has 3 nitrogen and oxygen atoms in total. The van der Waals surface area contributed by atoms with E-state index in [0.717, 1.165) is 24.1 Å². The van der Waals surface area contributed by atoms with Gasteiger partial charge in [-0.1, -0.05) is 6.07 Å². The van der Waals surface area contributed by atoms with Crippen molar-refractivity contribution in [2.45, 2.75) is 19.8 Å². The second-order valence-electron chi connectivity index (χ2n) is 5.35. The molecular formula is C16H17FN2O. The molecule has 0 unspecified atom stereocenters. The highest BCUT2D eigenvalue weighted by Gasteiger charge is 2.32. The SMILES string of the molecule is Cc1ccc(NC2=C(C(=O)C3CC3)C=CNC2)c(F)c1. The van der Waals surface area contributed by atoms with Gasteiger partial charge >= 0.3 is 0 Å². The van der Waals surface area contributed by atoms with Crippen molar-refractivity contribution in [3.63, 3.8) is 0 Å². The number of dihydropyridines is 1. The summed E-state index contributed by atoms with van der Waals surface area (Å²) in [6.45, 7) is 2.36. The first kappa shape index (κ1) is 12.9. The van der Waals surface area contributed by atoms with Crippen LogP contribution in [0.4, 0.5) is 10.1 Å². The molecule has 1 aromatic rings. The van der Waals surface area contributed by atoms with Gasteiger partial charge < -0.3 is 10.6 Å². The number of halogens is 1. The molecule has 1 fully saturated rings. The number of rotatable bonds is 4. The van der Waals surface area contributed by atoms with E-state index in [1.165, 1.54) is 6.07 Å². The number of ketones is 1. The number of carbonyl (C=O) groups excluding carboxylic acids is 1. The molecule has 2 N–H and O–H groups in total. The van der Waals surface area contributed by atoms with E-state index in [0.29, 0.717) is 17.8 Å². The minimum Gasteiger partial charge on any atom is -0.385 e. The van der Waals surface area contributed by atoms with Crippen LogP contribution in [0.5, 0.6) is 0 Å². The Bertz CT molecular complexity index is 615. The average molecular weight is 272 g/mol. The summed E-state index contributed by atoms with van der Waals surface area (Å²) in [5, 5.41) is 6.11. The molecule has 1 aliphatic carbocycles. The van der Waals surface area contributed by atoms with E-state index in [9.17, 15) is 9.18 Å². The van der Waals surface area contributed by atoms with Crippen molar-refractivity contribution in [1.82, 2.24) is 5.32 Å². The van der Waals surface area contributed by atoms with Crippen molar-refractivity contribution in [3.8, 4) is 0 Å². The lowest BCUT2D eigenvalue weighted by Crippen LogP contribution is -2.24. The van der Waals surface area contributed by atoms with Gasteiger partial charge in [0.1, 0.15) is 5.82 Å². The molecule has 0 aromatic heterocycles. The number of allylic oxidation sites excluding steroid dienone is 2. The summed E-state index contributed by atoms with van der Waals surface area (Å²) in [4.78, 5) is 12.2. The largest absolute Gasteiger partial charge is 0.385 e. The number of hydrogen-bond acceptors (Lipinski definition) is 3. The van der Waals surface area contributed by atoms with E-state index in [1.54, 1.807) is 18.3 Å². The number of benzene rings is 1. The third-order valence-corrected chi connectivity index (χ3v) is 3.60. The highest BCUT2D eigenvalue weighted by Crippen LogP contribution is 2.34. The molecule has 1 aliphatic heterocycles. The molecule has 3 rings (SSSR count). The van der Waals surface area contributed by atoms with Gasteiger partial charge in [0.25, 0.3) is 0 Å². The van der Waals surface area contributed by atoms with E-state index in [-0.39, 0.29) is 17.5 Å². The Labute approximate surface area is 117 Å². The smallest absolute Gasteiger partial charge is 0.167 e. The summed E-state index contributed by atoms with van der Waals surface area (Å²) in [6.07, 6.45) is 5.48. The molecule has 1 aromatic carbocycles. The summed E-state index contributed by atoms with van der Waals surface area (Å²) in [5.41, 5.74) is 2.69. The fourth-order valence-corrected chi connectivity index (χ4v) is 2.29. The number of hydrogen-bond donors (Lipinski definition) is 2. The first-order valence-corrected chi connectivity index (χ1v) is 6.85. The van der Waals surface area contributed by atoms with Crippen molar-refractivity contribution in [1.29, 1.82) is 0 Å². The second-order valence-corrected chi connectivity index (χ2v) is 5.35. The van der Waals surface area contributed by atoms with Gasteiger partial charge in [-0.2, -0.15) is 0 Å². The summed E-state index contributed by atoms with van der Waals surface area (Å²) in [6, 6.07) is 5.03. The monoisotopic (exact) mass is 272 g/mol. The van der Waals surface area contributed by atoms with E-state index in [2.05, 4.69) is 10.6 Å². The summed E-state index contributed by atoms with van der Waals surface area (Å²) in [7, 11) is 0. The minimum atomic E-state index is -0.301.